The Balaban J connectivity index is 1.58. The minimum Gasteiger partial charge on any atom is -0.324 e. The van der Waals surface area contributed by atoms with Crippen molar-refractivity contribution in [1.29, 1.82) is 0 Å². The number of benzene rings is 3. The fourth-order valence-corrected chi connectivity index (χ4v) is 3.77. The Morgan fingerprint density at radius 1 is 0.848 bits per heavy atom. The first-order valence-corrected chi connectivity index (χ1v) is 10.6. The molecule has 1 N–H and O–H groups in total. The number of hydrogen-bond acceptors (Lipinski definition) is 4. The molecule has 0 aromatic heterocycles. The van der Waals surface area contributed by atoms with E-state index in [0.717, 1.165) is 10.5 Å². The van der Waals surface area contributed by atoms with Gasteiger partial charge in [-0.25, -0.2) is 0 Å². The lowest BCUT2D eigenvalue weighted by Crippen LogP contribution is -2.50. The highest BCUT2D eigenvalue weighted by Gasteiger charge is 2.38. The summed E-state index contributed by atoms with van der Waals surface area (Å²) in [5.41, 5.74) is 2.70. The SMILES string of the molecule is Cc1ccc(NC(=O)C(C)N(C(=O)CN2C(=O)c3ccccc3C2=O)c2ccccc2)cc1. The Morgan fingerprint density at radius 3 is 1.97 bits per heavy atom. The molecule has 7 heteroatoms. The lowest BCUT2D eigenvalue weighted by Gasteiger charge is -2.30. The van der Waals surface area contributed by atoms with Gasteiger partial charge in [0.1, 0.15) is 12.6 Å². The summed E-state index contributed by atoms with van der Waals surface area (Å²) in [4.78, 5) is 54.1. The molecule has 3 aromatic rings. The van der Waals surface area contributed by atoms with Crippen LogP contribution < -0.4 is 10.2 Å². The third-order valence-electron chi connectivity index (χ3n) is 5.56. The van der Waals surface area contributed by atoms with E-state index in [2.05, 4.69) is 5.32 Å². The van der Waals surface area contributed by atoms with Crippen molar-refractivity contribution in [1.82, 2.24) is 4.90 Å². The molecule has 0 aliphatic carbocycles. The Hall–Kier alpha value is -4.26. The smallest absolute Gasteiger partial charge is 0.262 e. The number of carbonyl (C=O) groups is 4. The highest BCUT2D eigenvalue weighted by atomic mass is 16.2. The van der Waals surface area contributed by atoms with Crippen molar-refractivity contribution in [3.63, 3.8) is 0 Å². The predicted molar refractivity (Wildman–Crippen MR) is 125 cm³/mol. The maximum absolute atomic E-state index is 13.4. The summed E-state index contributed by atoms with van der Waals surface area (Å²) in [6.07, 6.45) is 0. The van der Waals surface area contributed by atoms with E-state index >= 15 is 0 Å². The summed E-state index contributed by atoms with van der Waals surface area (Å²) in [6.45, 7) is 3.09. The van der Waals surface area contributed by atoms with E-state index in [9.17, 15) is 19.2 Å². The molecule has 0 saturated carbocycles. The number of anilines is 2. The number of para-hydroxylation sites is 1. The highest BCUT2D eigenvalue weighted by molar-refractivity contribution is 6.23. The van der Waals surface area contributed by atoms with Crippen LogP contribution in [0.25, 0.3) is 0 Å². The molecule has 7 nitrogen and oxygen atoms in total. The summed E-state index contributed by atoms with van der Waals surface area (Å²) >= 11 is 0. The molecule has 4 amide bonds. The highest BCUT2D eigenvalue weighted by Crippen LogP contribution is 2.24. The molecule has 0 spiro atoms. The van der Waals surface area contributed by atoms with Crippen LogP contribution in [0.15, 0.2) is 78.9 Å². The number of carbonyl (C=O) groups excluding carboxylic acids is 4. The van der Waals surface area contributed by atoms with Crippen LogP contribution in [0.3, 0.4) is 0 Å². The van der Waals surface area contributed by atoms with Gasteiger partial charge in [0.05, 0.1) is 11.1 Å². The largest absolute Gasteiger partial charge is 0.324 e. The molecule has 33 heavy (non-hydrogen) atoms. The lowest BCUT2D eigenvalue weighted by molar-refractivity contribution is -0.123. The topological polar surface area (TPSA) is 86.8 Å². The van der Waals surface area contributed by atoms with E-state index in [4.69, 9.17) is 0 Å². The molecule has 166 valence electrons. The summed E-state index contributed by atoms with van der Waals surface area (Å²) in [6, 6.07) is 21.6. The molecule has 1 atom stereocenters. The van der Waals surface area contributed by atoms with Gasteiger partial charge in [-0.3, -0.25) is 29.0 Å². The maximum atomic E-state index is 13.4. The maximum Gasteiger partial charge on any atom is 0.262 e. The van der Waals surface area contributed by atoms with Gasteiger partial charge in [0.2, 0.25) is 11.8 Å². The molecular weight excluding hydrogens is 418 g/mol. The molecule has 0 saturated heterocycles. The van der Waals surface area contributed by atoms with E-state index in [1.807, 2.05) is 19.1 Å². The normalized spacial score (nSPS) is 13.5. The molecule has 1 aliphatic heterocycles. The van der Waals surface area contributed by atoms with Crippen LogP contribution in [-0.4, -0.2) is 41.1 Å². The average Bonchev–Trinajstić information content (AvgIpc) is 3.06. The van der Waals surface area contributed by atoms with E-state index in [1.54, 1.807) is 73.7 Å². The van der Waals surface area contributed by atoms with Crippen LogP contribution in [0.1, 0.15) is 33.2 Å². The molecule has 0 fully saturated rings. The Bertz CT molecular complexity index is 1190. The lowest BCUT2D eigenvalue weighted by atomic mass is 10.1. The number of amides is 4. The molecule has 0 radical (unpaired) electrons. The van der Waals surface area contributed by atoms with Crippen LogP contribution in [-0.2, 0) is 9.59 Å². The first-order chi connectivity index (χ1) is 15.9. The number of nitrogens with zero attached hydrogens (tertiary/aromatic N) is 2. The number of imide groups is 1. The summed E-state index contributed by atoms with van der Waals surface area (Å²) in [5, 5.41) is 2.82. The number of aryl methyl sites for hydroxylation is 1. The second-order valence-corrected chi connectivity index (χ2v) is 7.87. The van der Waals surface area contributed by atoms with Gasteiger partial charge in [0, 0.05) is 11.4 Å². The molecule has 0 bridgehead atoms. The fraction of sp³-hybridized carbons (Fsp3) is 0.154. The van der Waals surface area contributed by atoms with Gasteiger partial charge in [-0.2, -0.15) is 0 Å². The van der Waals surface area contributed by atoms with Crippen LogP contribution in [0.5, 0.6) is 0 Å². The van der Waals surface area contributed by atoms with E-state index in [0.29, 0.717) is 11.4 Å². The van der Waals surface area contributed by atoms with Crippen molar-refractivity contribution in [3.05, 3.63) is 95.6 Å². The van der Waals surface area contributed by atoms with Crippen LogP contribution >= 0.6 is 0 Å². The molecule has 1 heterocycles. The van der Waals surface area contributed by atoms with Gasteiger partial charge in [-0.05, 0) is 50.2 Å². The standard InChI is InChI=1S/C26H23N3O4/c1-17-12-14-19(15-13-17)27-24(31)18(2)29(20-8-4-3-5-9-20)23(30)16-28-25(32)21-10-6-7-11-22(21)26(28)33/h3-15,18H,16H2,1-2H3,(H,27,31). The zero-order valence-electron chi connectivity index (χ0n) is 18.3. The second kappa shape index (κ2) is 9.08. The Labute approximate surface area is 191 Å². The average molecular weight is 441 g/mol. The van der Waals surface area contributed by atoms with Gasteiger partial charge in [-0.15, -0.1) is 0 Å². The number of fused-ring (bicyclic) bond motifs is 1. The van der Waals surface area contributed by atoms with E-state index in [-0.39, 0.29) is 11.1 Å². The number of rotatable bonds is 6. The number of nitrogens with one attached hydrogen (secondary N) is 1. The summed E-state index contributed by atoms with van der Waals surface area (Å²) in [5.74, 6) is -1.97. The van der Waals surface area contributed by atoms with Gasteiger partial charge >= 0.3 is 0 Å². The van der Waals surface area contributed by atoms with Crippen molar-refractivity contribution in [2.45, 2.75) is 19.9 Å². The van der Waals surface area contributed by atoms with Crippen molar-refractivity contribution in [2.24, 2.45) is 0 Å². The van der Waals surface area contributed by atoms with Gasteiger partial charge in [0.25, 0.3) is 11.8 Å². The van der Waals surface area contributed by atoms with Crippen LogP contribution in [0.2, 0.25) is 0 Å². The molecule has 3 aromatic carbocycles. The molecule has 1 unspecified atom stereocenters. The summed E-state index contributed by atoms with van der Waals surface area (Å²) in [7, 11) is 0. The van der Waals surface area contributed by atoms with Crippen molar-refractivity contribution < 1.29 is 19.2 Å². The first kappa shape index (κ1) is 22.0. The first-order valence-electron chi connectivity index (χ1n) is 10.6. The second-order valence-electron chi connectivity index (χ2n) is 7.87. The third kappa shape index (κ3) is 4.39. The van der Waals surface area contributed by atoms with Gasteiger partial charge in [-0.1, -0.05) is 48.0 Å². The minimum atomic E-state index is -0.892. The quantitative estimate of drug-likeness (QED) is 0.592. The Morgan fingerprint density at radius 2 is 1.39 bits per heavy atom. The molecule has 4 rings (SSSR count). The minimum absolute atomic E-state index is 0.270. The van der Waals surface area contributed by atoms with Crippen molar-refractivity contribution >= 4 is 35.0 Å². The van der Waals surface area contributed by atoms with E-state index < -0.39 is 36.2 Å². The van der Waals surface area contributed by atoms with Gasteiger partial charge < -0.3 is 5.32 Å². The third-order valence-corrected chi connectivity index (χ3v) is 5.56. The van der Waals surface area contributed by atoms with E-state index in [1.165, 1.54) is 4.90 Å². The monoisotopic (exact) mass is 441 g/mol. The van der Waals surface area contributed by atoms with Crippen LogP contribution in [0, 0.1) is 6.92 Å². The zero-order chi connectivity index (χ0) is 23.5. The van der Waals surface area contributed by atoms with Crippen LogP contribution in [0.4, 0.5) is 11.4 Å². The predicted octanol–water partition coefficient (Wildman–Crippen LogP) is 3.65. The molecule has 1 aliphatic rings. The Kier molecular flexibility index (Phi) is 6.04. The number of hydrogen-bond donors (Lipinski definition) is 1. The zero-order valence-corrected chi connectivity index (χ0v) is 18.3. The summed E-state index contributed by atoms with van der Waals surface area (Å²) < 4.78 is 0. The van der Waals surface area contributed by atoms with Gasteiger partial charge in [0.15, 0.2) is 0 Å². The van der Waals surface area contributed by atoms with Crippen molar-refractivity contribution in [2.75, 3.05) is 16.8 Å². The van der Waals surface area contributed by atoms with Crippen molar-refractivity contribution in [3.8, 4) is 0 Å². The molecular formula is C26H23N3O4. The fourth-order valence-electron chi connectivity index (χ4n) is 3.77.